The van der Waals surface area contributed by atoms with E-state index in [4.69, 9.17) is 14.2 Å². The van der Waals surface area contributed by atoms with Crippen molar-refractivity contribution in [2.24, 2.45) is 0 Å². The largest absolute Gasteiger partial charge is 0.493 e. The normalized spacial score (nSPS) is 10.6. The quantitative estimate of drug-likeness (QED) is 0.233. The molecule has 0 radical (unpaired) electrons. The summed E-state index contributed by atoms with van der Waals surface area (Å²) in [6.07, 6.45) is 1.73. The Morgan fingerprint density at radius 2 is 1.97 bits per heavy atom. The number of allylic oxidation sites excluding steroid dienone is 1. The van der Waals surface area contributed by atoms with Crippen LogP contribution in [0.4, 0.5) is 5.00 Å². The van der Waals surface area contributed by atoms with Crippen LogP contribution in [0, 0.1) is 6.92 Å². The molecule has 0 aliphatic carbocycles. The van der Waals surface area contributed by atoms with Crippen LogP contribution >= 0.6 is 23.1 Å². The van der Waals surface area contributed by atoms with E-state index in [1.807, 2.05) is 23.6 Å². The van der Waals surface area contributed by atoms with Crippen molar-refractivity contribution >= 4 is 40.0 Å². The Balaban J connectivity index is 1.76. The summed E-state index contributed by atoms with van der Waals surface area (Å²) in [6, 6.07) is 7.19. The maximum atomic E-state index is 12.6. The van der Waals surface area contributed by atoms with Gasteiger partial charge in [-0.1, -0.05) is 17.8 Å². The third kappa shape index (κ3) is 5.78. The Labute approximate surface area is 206 Å². The van der Waals surface area contributed by atoms with Crippen molar-refractivity contribution in [1.82, 2.24) is 14.8 Å². The number of amides is 1. The van der Waals surface area contributed by atoms with Gasteiger partial charge in [-0.25, -0.2) is 4.79 Å². The molecule has 180 valence electrons. The lowest BCUT2D eigenvalue weighted by atomic mass is 10.2. The number of benzene rings is 1. The highest BCUT2D eigenvalue weighted by Gasteiger charge is 2.20. The molecule has 1 aromatic carbocycles. The lowest BCUT2D eigenvalue weighted by Gasteiger charge is -2.11. The number of ether oxygens (including phenoxy) is 3. The number of rotatable bonds is 11. The minimum absolute atomic E-state index is 0.0838. The Morgan fingerprint density at radius 1 is 1.21 bits per heavy atom. The van der Waals surface area contributed by atoms with E-state index >= 15 is 0 Å². The maximum absolute atomic E-state index is 12.6. The smallest absolute Gasteiger partial charge is 0.341 e. The molecule has 9 nitrogen and oxygen atoms in total. The average Bonchev–Trinajstić information content (AvgIpc) is 3.40. The first-order valence-corrected chi connectivity index (χ1v) is 12.2. The molecule has 34 heavy (non-hydrogen) atoms. The molecule has 1 N–H and O–H groups in total. The molecule has 0 fully saturated rings. The molecule has 0 unspecified atom stereocenters. The average molecular weight is 503 g/mol. The first kappa shape index (κ1) is 25.3. The van der Waals surface area contributed by atoms with Gasteiger partial charge in [0, 0.05) is 17.0 Å². The number of aryl methyl sites for hydroxylation is 1. The number of nitrogens with one attached hydrogen (secondary N) is 1. The van der Waals surface area contributed by atoms with Gasteiger partial charge in [0.05, 0.1) is 32.1 Å². The number of carbonyl (C=O) groups is 2. The van der Waals surface area contributed by atoms with E-state index < -0.39 is 5.97 Å². The second-order valence-electron chi connectivity index (χ2n) is 6.93. The summed E-state index contributed by atoms with van der Waals surface area (Å²) in [5, 5.41) is 12.4. The van der Waals surface area contributed by atoms with Crippen molar-refractivity contribution < 1.29 is 23.8 Å². The summed E-state index contributed by atoms with van der Waals surface area (Å²) >= 11 is 2.57. The minimum Gasteiger partial charge on any atom is -0.493 e. The standard InChI is InChI=1S/C23H26N4O5S2/c1-6-10-27-20(15-8-9-17(30-4)18(12-15)31-5)25-26-23(27)33-13-19(28)24-21-16(11-14(3)34-21)22(29)32-7-2/h6,8-9,11-12H,1,7,10,13H2,2-5H3,(H,24,28). The molecule has 3 aromatic rings. The Kier molecular flexibility index (Phi) is 8.72. The number of aromatic nitrogens is 3. The van der Waals surface area contributed by atoms with E-state index in [1.54, 1.807) is 39.4 Å². The molecule has 3 rings (SSSR count). The van der Waals surface area contributed by atoms with Crippen molar-refractivity contribution in [3.8, 4) is 22.9 Å². The third-order valence-electron chi connectivity index (χ3n) is 4.61. The van der Waals surface area contributed by atoms with E-state index in [-0.39, 0.29) is 18.3 Å². The zero-order chi connectivity index (χ0) is 24.7. The van der Waals surface area contributed by atoms with Gasteiger partial charge < -0.3 is 19.5 Å². The van der Waals surface area contributed by atoms with Crippen LogP contribution in [0.25, 0.3) is 11.4 Å². The van der Waals surface area contributed by atoms with Gasteiger partial charge in [-0.05, 0) is 38.1 Å². The van der Waals surface area contributed by atoms with Crippen molar-refractivity contribution in [3.63, 3.8) is 0 Å². The molecule has 0 atom stereocenters. The number of anilines is 1. The highest BCUT2D eigenvalue weighted by atomic mass is 32.2. The number of hydrogen-bond acceptors (Lipinski definition) is 9. The predicted molar refractivity (Wildman–Crippen MR) is 133 cm³/mol. The van der Waals surface area contributed by atoms with Crippen LogP contribution in [-0.4, -0.2) is 53.2 Å². The van der Waals surface area contributed by atoms with E-state index in [2.05, 4.69) is 22.1 Å². The van der Waals surface area contributed by atoms with Crippen molar-refractivity contribution in [2.45, 2.75) is 25.5 Å². The zero-order valence-electron chi connectivity index (χ0n) is 19.4. The van der Waals surface area contributed by atoms with Gasteiger partial charge in [-0.2, -0.15) is 0 Å². The summed E-state index contributed by atoms with van der Waals surface area (Å²) in [7, 11) is 3.14. The Bertz CT molecular complexity index is 1190. The van der Waals surface area contributed by atoms with Gasteiger partial charge in [0.2, 0.25) is 5.91 Å². The number of carbonyl (C=O) groups excluding carboxylic acids is 2. The summed E-state index contributed by atoms with van der Waals surface area (Å²) in [5.74, 6) is 1.16. The van der Waals surface area contributed by atoms with E-state index in [0.29, 0.717) is 39.6 Å². The molecular weight excluding hydrogens is 476 g/mol. The van der Waals surface area contributed by atoms with E-state index in [0.717, 1.165) is 10.4 Å². The van der Waals surface area contributed by atoms with Gasteiger partial charge in [-0.3, -0.25) is 9.36 Å². The second kappa shape index (κ2) is 11.7. The van der Waals surface area contributed by atoms with Crippen LogP contribution in [0.3, 0.4) is 0 Å². The fraction of sp³-hybridized carbons (Fsp3) is 0.304. The number of thioether (sulfide) groups is 1. The fourth-order valence-electron chi connectivity index (χ4n) is 3.14. The first-order chi connectivity index (χ1) is 16.4. The van der Waals surface area contributed by atoms with Crippen LogP contribution in [0.2, 0.25) is 0 Å². The van der Waals surface area contributed by atoms with Gasteiger partial charge in [0.1, 0.15) is 5.00 Å². The Morgan fingerprint density at radius 3 is 2.65 bits per heavy atom. The highest BCUT2D eigenvalue weighted by molar-refractivity contribution is 7.99. The third-order valence-corrected chi connectivity index (χ3v) is 6.54. The first-order valence-electron chi connectivity index (χ1n) is 10.4. The SMILES string of the molecule is C=CCn1c(SCC(=O)Nc2sc(C)cc2C(=O)OCC)nnc1-c1ccc(OC)c(OC)c1. The van der Waals surface area contributed by atoms with E-state index in [9.17, 15) is 9.59 Å². The van der Waals surface area contributed by atoms with Gasteiger partial charge in [-0.15, -0.1) is 28.1 Å². The van der Waals surface area contributed by atoms with Crippen LogP contribution in [-0.2, 0) is 16.1 Å². The molecule has 0 aliphatic rings. The fourth-order valence-corrected chi connectivity index (χ4v) is 4.80. The Hall–Kier alpha value is -3.31. The number of esters is 1. The predicted octanol–water partition coefficient (Wildman–Crippen LogP) is 4.43. The molecule has 2 aromatic heterocycles. The van der Waals surface area contributed by atoms with Crippen LogP contribution in [0.1, 0.15) is 22.2 Å². The molecule has 2 heterocycles. The number of nitrogens with zero attached hydrogens (tertiary/aromatic N) is 3. The molecule has 0 bridgehead atoms. The molecule has 0 aliphatic heterocycles. The summed E-state index contributed by atoms with van der Waals surface area (Å²) < 4.78 is 17.6. The lowest BCUT2D eigenvalue weighted by Crippen LogP contribution is -2.16. The minimum atomic E-state index is -0.458. The van der Waals surface area contributed by atoms with Crippen molar-refractivity contribution in [2.75, 3.05) is 31.9 Å². The van der Waals surface area contributed by atoms with Gasteiger partial charge >= 0.3 is 5.97 Å². The molecule has 11 heteroatoms. The zero-order valence-corrected chi connectivity index (χ0v) is 21.0. The second-order valence-corrected chi connectivity index (χ2v) is 9.13. The summed E-state index contributed by atoms with van der Waals surface area (Å²) in [5.41, 5.74) is 1.14. The lowest BCUT2D eigenvalue weighted by molar-refractivity contribution is -0.113. The molecule has 0 saturated carbocycles. The molecule has 0 spiro atoms. The van der Waals surface area contributed by atoms with Gasteiger partial charge in [0.15, 0.2) is 22.5 Å². The van der Waals surface area contributed by atoms with Crippen LogP contribution in [0.15, 0.2) is 42.1 Å². The monoisotopic (exact) mass is 502 g/mol. The topological polar surface area (TPSA) is 105 Å². The molecule has 0 saturated heterocycles. The summed E-state index contributed by atoms with van der Waals surface area (Å²) in [6.45, 7) is 8.14. The van der Waals surface area contributed by atoms with Crippen molar-refractivity contribution in [3.05, 3.63) is 47.4 Å². The maximum Gasteiger partial charge on any atom is 0.341 e. The molecular formula is C23H26N4O5S2. The molecule has 1 amide bonds. The van der Waals surface area contributed by atoms with Crippen LogP contribution in [0.5, 0.6) is 11.5 Å². The van der Waals surface area contributed by atoms with Crippen LogP contribution < -0.4 is 14.8 Å². The summed E-state index contributed by atoms with van der Waals surface area (Å²) in [4.78, 5) is 25.7. The number of methoxy groups -OCH3 is 2. The van der Waals surface area contributed by atoms with Gasteiger partial charge in [0.25, 0.3) is 0 Å². The van der Waals surface area contributed by atoms with E-state index in [1.165, 1.54) is 23.1 Å². The number of thiophene rings is 1. The van der Waals surface area contributed by atoms with Crippen molar-refractivity contribution in [1.29, 1.82) is 0 Å². The highest BCUT2D eigenvalue weighted by Crippen LogP contribution is 2.33. The number of hydrogen-bond donors (Lipinski definition) is 1.